The Morgan fingerprint density at radius 3 is 2.14 bits per heavy atom. The lowest BCUT2D eigenvalue weighted by atomic mass is 9.85. The van der Waals surface area contributed by atoms with Crippen LogP contribution in [-0.4, -0.2) is 35.9 Å². The van der Waals surface area contributed by atoms with Crippen LogP contribution in [0, 0.1) is 0 Å². The molecule has 1 unspecified atom stereocenters. The molecule has 1 N–H and O–H groups in total. The van der Waals surface area contributed by atoms with Crippen molar-refractivity contribution in [3.05, 3.63) is 99.0 Å². The van der Waals surface area contributed by atoms with Gasteiger partial charge in [-0.3, -0.25) is 9.59 Å². The van der Waals surface area contributed by atoms with E-state index in [0.29, 0.717) is 21.5 Å². The predicted molar refractivity (Wildman–Crippen MR) is 147 cm³/mol. The number of amides is 1. The first-order chi connectivity index (χ1) is 17.5. The number of halogens is 1. The second-order valence-electron chi connectivity index (χ2n) is 10.00. The fourth-order valence-corrected chi connectivity index (χ4v) is 4.99. The molecule has 1 saturated heterocycles. The van der Waals surface area contributed by atoms with Gasteiger partial charge < -0.3 is 19.5 Å². The Morgan fingerprint density at radius 1 is 0.946 bits per heavy atom. The molecule has 1 atom stereocenters. The number of benzene rings is 3. The quantitative estimate of drug-likeness (QED) is 0.214. The van der Waals surface area contributed by atoms with Gasteiger partial charge in [-0.15, -0.1) is 0 Å². The van der Waals surface area contributed by atoms with Crippen LogP contribution in [0.25, 0.3) is 5.76 Å². The summed E-state index contributed by atoms with van der Waals surface area (Å²) in [6.07, 6.45) is 0. The number of aliphatic hydroxyl groups is 1. The highest BCUT2D eigenvalue weighted by atomic mass is 79.9. The van der Waals surface area contributed by atoms with Crippen molar-refractivity contribution >= 4 is 33.4 Å². The maximum atomic E-state index is 13.4. The smallest absolute Gasteiger partial charge is 0.295 e. The van der Waals surface area contributed by atoms with Crippen LogP contribution < -0.4 is 9.47 Å². The molecule has 0 spiro atoms. The molecule has 37 heavy (non-hydrogen) atoms. The van der Waals surface area contributed by atoms with Gasteiger partial charge in [-0.1, -0.05) is 57.2 Å². The number of hydrogen-bond donors (Lipinski definition) is 1. The molecule has 3 aromatic rings. The first kappa shape index (κ1) is 26.5. The third-order valence-corrected chi connectivity index (χ3v) is 7.19. The Hall–Kier alpha value is -3.58. The number of ketones is 1. The molecule has 0 aromatic heterocycles. The van der Waals surface area contributed by atoms with Crippen molar-refractivity contribution < 1.29 is 24.2 Å². The Morgan fingerprint density at radius 2 is 1.59 bits per heavy atom. The highest BCUT2D eigenvalue weighted by Gasteiger charge is 2.46. The second-order valence-corrected chi connectivity index (χ2v) is 10.9. The van der Waals surface area contributed by atoms with Gasteiger partial charge in [0, 0.05) is 12.1 Å². The summed E-state index contributed by atoms with van der Waals surface area (Å²) < 4.78 is 11.2. The topological polar surface area (TPSA) is 76.1 Å². The van der Waals surface area contributed by atoms with Crippen LogP contribution in [0.1, 0.15) is 49.1 Å². The van der Waals surface area contributed by atoms with E-state index in [0.717, 1.165) is 16.7 Å². The van der Waals surface area contributed by atoms with E-state index in [1.165, 1.54) is 4.90 Å². The molecule has 0 radical (unpaired) electrons. The average molecular weight is 564 g/mol. The number of nitrogens with zero attached hydrogens (tertiary/aromatic N) is 1. The van der Waals surface area contributed by atoms with Crippen LogP contribution in [0.4, 0.5) is 0 Å². The zero-order valence-corrected chi connectivity index (χ0v) is 23.1. The van der Waals surface area contributed by atoms with Crippen molar-refractivity contribution in [2.24, 2.45) is 0 Å². The standard InChI is InChI=1S/C30H30BrNO5/c1-30(2,3)21-11-8-19(9-12-21)26-25(27(33)20-10-15-24(37-5)23(31)16-20)28(34)29(35)32(26)17-18-6-13-22(36-4)14-7-18/h6-16,26,33H,17H2,1-5H3/b27-25-. The van der Waals surface area contributed by atoms with Crippen LogP contribution in [0.2, 0.25) is 0 Å². The number of likely N-dealkylation sites (tertiary alicyclic amines) is 1. The molecule has 0 aliphatic carbocycles. The number of ether oxygens (including phenoxy) is 2. The molecular weight excluding hydrogens is 534 g/mol. The monoisotopic (exact) mass is 563 g/mol. The molecule has 0 saturated carbocycles. The molecule has 1 amide bonds. The fraction of sp³-hybridized carbons (Fsp3) is 0.267. The second kappa shape index (κ2) is 10.4. The van der Waals surface area contributed by atoms with E-state index in [1.807, 2.05) is 48.5 Å². The largest absolute Gasteiger partial charge is 0.507 e. The fourth-order valence-electron chi connectivity index (χ4n) is 4.45. The molecular formula is C30H30BrNO5. The van der Waals surface area contributed by atoms with Gasteiger partial charge in [0.25, 0.3) is 11.7 Å². The Balaban J connectivity index is 1.84. The van der Waals surface area contributed by atoms with Gasteiger partial charge in [0.05, 0.1) is 30.3 Å². The Kier molecular flexibility index (Phi) is 7.46. The number of aliphatic hydroxyl groups excluding tert-OH is 1. The van der Waals surface area contributed by atoms with Gasteiger partial charge in [0.15, 0.2) is 0 Å². The van der Waals surface area contributed by atoms with E-state index in [9.17, 15) is 14.7 Å². The molecule has 7 heteroatoms. The average Bonchev–Trinajstić information content (AvgIpc) is 3.13. The number of carbonyl (C=O) groups excluding carboxylic acids is 2. The van der Waals surface area contributed by atoms with Crippen LogP contribution in [0.3, 0.4) is 0 Å². The number of methoxy groups -OCH3 is 2. The lowest BCUT2D eigenvalue weighted by Gasteiger charge is -2.26. The zero-order valence-electron chi connectivity index (χ0n) is 21.5. The summed E-state index contributed by atoms with van der Waals surface area (Å²) in [6.45, 7) is 6.57. The van der Waals surface area contributed by atoms with Crippen molar-refractivity contribution in [2.45, 2.75) is 38.8 Å². The van der Waals surface area contributed by atoms with Crippen molar-refractivity contribution in [3.8, 4) is 11.5 Å². The SMILES string of the molecule is COc1ccc(CN2C(=O)C(=O)/C(=C(\O)c3ccc(OC)c(Br)c3)C2c2ccc(C(C)(C)C)cc2)cc1. The summed E-state index contributed by atoms with van der Waals surface area (Å²) >= 11 is 3.43. The molecule has 0 bridgehead atoms. The Bertz CT molecular complexity index is 1350. The van der Waals surface area contributed by atoms with Gasteiger partial charge in [-0.05, 0) is 68.4 Å². The molecule has 1 aliphatic rings. The van der Waals surface area contributed by atoms with Gasteiger partial charge in [-0.25, -0.2) is 0 Å². The van der Waals surface area contributed by atoms with Gasteiger partial charge >= 0.3 is 0 Å². The molecule has 1 fully saturated rings. The van der Waals surface area contributed by atoms with Crippen LogP contribution >= 0.6 is 15.9 Å². The van der Waals surface area contributed by atoms with E-state index in [-0.39, 0.29) is 23.3 Å². The number of carbonyl (C=O) groups is 2. The minimum Gasteiger partial charge on any atom is -0.507 e. The molecule has 1 aliphatic heterocycles. The summed E-state index contributed by atoms with van der Waals surface area (Å²) in [5.74, 6) is -0.322. The van der Waals surface area contributed by atoms with Gasteiger partial charge in [-0.2, -0.15) is 0 Å². The molecule has 4 rings (SSSR count). The highest BCUT2D eigenvalue weighted by molar-refractivity contribution is 9.10. The molecule has 192 valence electrons. The maximum absolute atomic E-state index is 13.4. The highest BCUT2D eigenvalue weighted by Crippen LogP contribution is 2.41. The van der Waals surface area contributed by atoms with Crippen LogP contribution in [-0.2, 0) is 21.5 Å². The van der Waals surface area contributed by atoms with E-state index >= 15 is 0 Å². The van der Waals surface area contributed by atoms with E-state index in [4.69, 9.17) is 9.47 Å². The van der Waals surface area contributed by atoms with Crippen molar-refractivity contribution in [1.82, 2.24) is 4.90 Å². The summed E-state index contributed by atoms with van der Waals surface area (Å²) in [7, 11) is 3.14. The number of rotatable bonds is 6. The summed E-state index contributed by atoms with van der Waals surface area (Å²) in [6, 6.07) is 19.5. The van der Waals surface area contributed by atoms with E-state index < -0.39 is 17.7 Å². The number of hydrogen-bond acceptors (Lipinski definition) is 5. The van der Waals surface area contributed by atoms with E-state index in [1.54, 1.807) is 32.4 Å². The van der Waals surface area contributed by atoms with Crippen LogP contribution in [0.15, 0.2) is 76.8 Å². The summed E-state index contributed by atoms with van der Waals surface area (Å²) in [5.41, 5.74) is 3.12. The third kappa shape index (κ3) is 5.27. The molecule has 6 nitrogen and oxygen atoms in total. The minimum atomic E-state index is -0.753. The van der Waals surface area contributed by atoms with Gasteiger partial charge in [0.2, 0.25) is 0 Å². The maximum Gasteiger partial charge on any atom is 0.295 e. The minimum absolute atomic E-state index is 0.0547. The first-order valence-corrected chi connectivity index (χ1v) is 12.7. The van der Waals surface area contributed by atoms with Crippen molar-refractivity contribution in [2.75, 3.05) is 14.2 Å². The van der Waals surface area contributed by atoms with E-state index in [2.05, 4.69) is 36.7 Å². The summed E-state index contributed by atoms with van der Waals surface area (Å²) in [5, 5.41) is 11.4. The molecule has 3 aromatic carbocycles. The molecule has 1 heterocycles. The van der Waals surface area contributed by atoms with Crippen molar-refractivity contribution in [3.63, 3.8) is 0 Å². The summed E-state index contributed by atoms with van der Waals surface area (Å²) in [4.78, 5) is 28.2. The van der Waals surface area contributed by atoms with Gasteiger partial charge in [0.1, 0.15) is 17.3 Å². The predicted octanol–water partition coefficient (Wildman–Crippen LogP) is 6.39. The Labute approximate surface area is 225 Å². The normalized spacial score (nSPS) is 17.2. The lowest BCUT2D eigenvalue weighted by Crippen LogP contribution is -2.29. The lowest BCUT2D eigenvalue weighted by molar-refractivity contribution is -0.140. The number of Topliss-reactive ketones (excluding diaryl/α,β-unsaturated/α-hetero) is 1. The zero-order chi connectivity index (χ0) is 26.9. The van der Waals surface area contributed by atoms with Crippen LogP contribution in [0.5, 0.6) is 11.5 Å². The first-order valence-electron chi connectivity index (χ1n) is 11.9. The third-order valence-electron chi connectivity index (χ3n) is 6.57. The van der Waals surface area contributed by atoms with Crippen molar-refractivity contribution in [1.29, 1.82) is 0 Å².